The van der Waals surface area contributed by atoms with Gasteiger partial charge in [-0.2, -0.15) is 0 Å². The Kier molecular flexibility index (Phi) is 6.60. The van der Waals surface area contributed by atoms with Crippen molar-refractivity contribution < 1.29 is 29.3 Å². The van der Waals surface area contributed by atoms with Crippen LogP contribution in [0.2, 0.25) is 0 Å². The molecule has 0 fully saturated rings. The van der Waals surface area contributed by atoms with Gasteiger partial charge in [0.25, 0.3) is 0 Å². The number of hydrogen-bond acceptors (Lipinski definition) is 6. The van der Waals surface area contributed by atoms with E-state index in [4.69, 9.17) is 9.47 Å². The molecule has 0 amide bonds. The van der Waals surface area contributed by atoms with E-state index >= 15 is 0 Å². The molecular formula is C21H22O6. The molecule has 0 saturated carbocycles. The molecule has 6 heteroatoms. The molecule has 142 valence electrons. The molecule has 0 radical (unpaired) electrons. The molecule has 27 heavy (non-hydrogen) atoms. The number of carbonyl (C=O) groups is 2. The molecule has 2 rings (SSSR count). The lowest BCUT2D eigenvalue weighted by Crippen LogP contribution is -2.17. The molecule has 0 heterocycles. The second-order valence-electron chi connectivity index (χ2n) is 5.99. The predicted molar refractivity (Wildman–Crippen MR) is 101 cm³/mol. The molecule has 2 N–H and O–H groups in total. The van der Waals surface area contributed by atoms with Crippen molar-refractivity contribution in [3.05, 3.63) is 53.6 Å². The Morgan fingerprint density at radius 2 is 1.85 bits per heavy atom. The summed E-state index contributed by atoms with van der Waals surface area (Å²) in [6.45, 7) is 3.47. The summed E-state index contributed by atoms with van der Waals surface area (Å²) in [6, 6.07) is 10.3. The van der Waals surface area contributed by atoms with E-state index in [1.165, 1.54) is 13.2 Å². The van der Waals surface area contributed by atoms with Gasteiger partial charge < -0.3 is 19.7 Å². The van der Waals surface area contributed by atoms with E-state index in [0.717, 1.165) is 11.6 Å². The number of hydrogen-bond donors (Lipinski definition) is 2. The first kappa shape index (κ1) is 20.0. The fourth-order valence-corrected chi connectivity index (χ4v) is 2.30. The lowest BCUT2D eigenvalue weighted by molar-refractivity contribution is -0.138. The van der Waals surface area contributed by atoms with E-state index in [-0.39, 0.29) is 11.3 Å². The molecule has 0 spiro atoms. The summed E-state index contributed by atoms with van der Waals surface area (Å²) in [7, 11) is 1.30. The summed E-state index contributed by atoms with van der Waals surface area (Å²) in [4.78, 5) is 24.6. The minimum atomic E-state index is -0.647. The van der Waals surface area contributed by atoms with Crippen LogP contribution in [0.25, 0.3) is 6.08 Å². The molecule has 0 aliphatic heterocycles. The fourth-order valence-electron chi connectivity index (χ4n) is 2.30. The first-order chi connectivity index (χ1) is 12.9. The van der Waals surface area contributed by atoms with Crippen LogP contribution in [0.3, 0.4) is 0 Å². The topological polar surface area (TPSA) is 93.1 Å². The number of phenols is 2. The smallest absolute Gasteiger partial charge is 0.314 e. The Morgan fingerprint density at radius 1 is 1.19 bits per heavy atom. The summed E-state index contributed by atoms with van der Waals surface area (Å²) in [5, 5.41) is 20.6. The summed E-state index contributed by atoms with van der Waals surface area (Å²) in [5.41, 5.74) is 0.598. The Balaban J connectivity index is 2.42. The average Bonchev–Trinajstić information content (AvgIpc) is 2.68. The van der Waals surface area contributed by atoms with E-state index in [2.05, 4.69) is 0 Å². The lowest BCUT2D eigenvalue weighted by Gasteiger charge is -2.15. The number of benzene rings is 2. The largest absolute Gasteiger partial charge is 0.504 e. The number of ketones is 1. The zero-order chi connectivity index (χ0) is 20.0. The predicted octanol–water partition coefficient (Wildman–Crippen LogP) is 3.95. The maximum Gasteiger partial charge on any atom is 0.314 e. The highest BCUT2D eigenvalue weighted by Gasteiger charge is 2.26. The second-order valence-corrected chi connectivity index (χ2v) is 5.99. The molecule has 1 unspecified atom stereocenters. The van der Waals surface area contributed by atoms with Gasteiger partial charge in [0.05, 0.1) is 13.0 Å². The van der Waals surface area contributed by atoms with Crippen LogP contribution in [0.4, 0.5) is 0 Å². The van der Waals surface area contributed by atoms with Crippen molar-refractivity contribution in [3.8, 4) is 23.0 Å². The minimum Gasteiger partial charge on any atom is -0.504 e. The van der Waals surface area contributed by atoms with Gasteiger partial charge in [0.15, 0.2) is 17.3 Å². The summed E-state index contributed by atoms with van der Waals surface area (Å²) < 4.78 is 10.2. The third-order valence-electron chi connectivity index (χ3n) is 4.11. The number of rotatable bonds is 7. The monoisotopic (exact) mass is 370 g/mol. The van der Waals surface area contributed by atoms with Gasteiger partial charge in [-0.1, -0.05) is 50.3 Å². The molecule has 0 aliphatic rings. The number of carbonyl (C=O) groups excluding carboxylic acids is 2. The van der Waals surface area contributed by atoms with Gasteiger partial charge in [-0.15, -0.1) is 0 Å². The fraction of sp³-hybridized carbons (Fsp3) is 0.238. The standard InChI is InChI=1S/C21H22O6/c1-4-13(2)21(25)27-20-16(23)12-17(26-3)18(19(20)24)15(22)11-10-14-8-6-5-7-9-14/h5-13,23-24H,4H2,1-3H3. The molecule has 0 saturated heterocycles. The molecule has 2 aromatic rings. The van der Waals surface area contributed by atoms with Gasteiger partial charge in [0.2, 0.25) is 5.75 Å². The highest BCUT2D eigenvalue weighted by molar-refractivity contribution is 6.11. The molecule has 0 aliphatic carbocycles. The second kappa shape index (κ2) is 8.89. The highest BCUT2D eigenvalue weighted by Crippen LogP contribution is 2.44. The normalized spacial score (nSPS) is 12.0. The summed E-state index contributed by atoms with van der Waals surface area (Å²) in [5.74, 6) is -3.24. The number of methoxy groups -OCH3 is 1. The van der Waals surface area contributed by atoms with Crippen LogP contribution in [0.15, 0.2) is 42.5 Å². The van der Waals surface area contributed by atoms with Gasteiger partial charge in [0, 0.05) is 6.07 Å². The highest BCUT2D eigenvalue weighted by atomic mass is 16.5. The molecule has 2 aromatic carbocycles. The van der Waals surface area contributed by atoms with Crippen LogP contribution in [0.1, 0.15) is 36.2 Å². The maximum absolute atomic E-state index is 12.6. The number of allylic oxidation sites excluding steroid dienone is 1. The van der Waals surface area contributed by atoms with Crippen LogP contribution in [-0.2, 0) is 4.79 Å². The maximum atomic E-state index is 12.6. The molecule has 0 aromatic heterocycles. The van der Waals surface area contributed by atoms with Crippen molar-refractivity contribution in [2.45, 2.75) is 20.3 Å². The van der Waals surface area contributed by atoms with Gasteiger partial charge in [0.1, 0.15) is 11.3 Å². The molecule has 0 bridgehead atoms. The van der Waals surface area contributed by atoms with E-state index in [1.54, 1.807) is 13.0 Å². The molecular weight excluding hydrogens is 348 g/mol. The van der Waals surface area contributed by atoms with Crippen molar-refractivity contribution in [2.24, 2.45) is 5.92 Å². The SMILES string of the molecule is CCC(C)C(=O)Oc1c(O)cc(OC)c(C(=O)C=Cc2ccccc2)c1O. The Bertz CT molecular complexity index is 855. The number of aromatic hydroxyl groups is 2. The quantitative estimate of drug-likeness (QED) is 0.332. The van der Waals surface area contributed by atoms with Crippen molar-refractivity contribution in [1.29, 1.82) is 0 Å². The third kappa shape index (κ3) is 4.67. The van der Waals surface area contributed by atoms with Crippen molar-refractivity contribution in [2.75, 3.05) is 7.11 Å². The van der Waals surface area contributed by atoms with Crippen LogP contribution < -0.4 is 9.47 Å². The zero-order valence-electron chi connectivity index (χ0n) is 15.4. The summed E-state index contributed by atoms with van der Waals surface area (Å²) in [6.07, 6.45) is 3.38. The van der Waals surface area contributed by atoms with E-state index in [9.17, 15) is 19.8 Å². The minimum absolute atomic E-state index is 0.0314. The van der Waals surface area contributed by atoms with Crippen LogP contribution in [-0.4, -0.2) is 29.1 Å². The Labute approximate surface area is 157 Å². The average molecular weight is 370 g/mol. The number of esters is 1. The van der Waals surface area contributed by atoms with Gasteiger partial charge >= 0.3 is 5.97 Å². The van der Waals surface area contributed by atoms with Crippen LogP contribution in [0.5, 0.6) is 23.0 Å². The summed E-state index contributed by atoms with van der Waals surface area (Å²) >= 11 is 0. The van der Waals surface area contributed by atoms with E-state index in [1.807, 2.05) is 37.3 Å². The van der Waals surface area contributed by atoms with Gasteiger partial charge in [-0.3, -0.25) is 9.59 Å². The van der Waals surface area contributed by atoms with Crippen LogP contribution in [0, 0.1) is 5.92 Å². The Hall–Kier alpha value is -3.28. The molecule has 1 atom stereocenters. The number of phenolic OH excluding ortho intramolecular Hbond substituents is 2. The van der Waals surface area contributed by atoms with E-state index in [0.29, 0.717) is 6.42 Å². The number of ether oxygens (including phenoxy) is 2. The van der Waals surface area contributed by atoms with Crippen molar-refractivity contribution >= 4 is 17.8 Å². The zero-order valence-corrected chi connectivity index (χ0v) is 15.4. The Morgan fingerprint density at radius 3 is 2.44 bits per heavy atom. The van der Waals surface area contributed by atoms with Gasteiger partial charge in [-0.05, 0) is 18.1 Å². The first-order valence-corrected chi connectivity index (χ1v) is 8.51. The lowest BCUT2D eigenvalue weighted by atomic mass is 10.0. The van der Waals surface area contributed by atoms with Crippen LogP contribution >= 0.6 is 0 Å². The third-order valence-corrected chi connectivity index (χ3v) is 4.11. The van der Waals surface area contributed by atoms with Gasteiger partial charge in [-0.25, -0.2) is 0 Å². The van der Waals surface area contributed by atoms with E-state index < -0.39 is 34.9 Å². The van der Waals surface area contributed by atoms with Crippen molar-refractivity contribution in [3.63, 3.8) is 0 Å². The van der Waals surface area contributed by atoms with Crippen molar-refractivity contribution in [1.82, 2.24) is 0 Å². The molecule has 6 nitrogen and oxygen atoms in total. The first-order valence-electron chi connectivity index (χ1n) is 8.51.